The molecular weight excluding hydrogens is 426 g/mol. The second-order valence-electron chi connectivity index (χ2n) is 7.05. The standard InChI is InChI=1S/C24H23N3O4S/c1-18-2-4-20(5-3-18)15-31-23-12-8-19(9-13-23)14-25-26-24(28)17-32-16-21-6-10-22(11-7-21)27(29)30/h2-14H,15-17H2,1H3,(H,26,28)/b25-14-. The molecule has 0 radical (unpaired) electrons. The molecule has 1 N–H and O–H groups in total. The Morgan fingerprint density at radius 1 is 1.03 bits per heavy atom. The number of hydrogen-bond acceptors (Lipinski definition) is 6. The van der Waals surface area contributed by atoms with Crippen molar-refractivity contribution in [3.8, 4) is 5.75 Å². The molecule has 0 saturated carbocycles. The highest BCUT2D eigenvalue weighted by Gasteiger charge is 2.05. The Morgan fingerprint density at radius 2 is 1.69 bits per heavy atom. The number of nitrogens with zero attached hydrogens (tertiary/aromatic N) is 2. The third kappa shape index (κ3) is 7.55. The van der Waals surface area contributed by atoms with E-state index in [1.807, 2.05) is 43.3 Å². The Morgan fingerprint density at radius 3 is 2.34 bits per heavy atom. The van der Waals surface area contributed by atoms with Gasteiger partial charge >= 0.3 is 0 Å². The van der Waals surface area contributed by atoms with Crippen LogP contribution in [-0.4, -0.2) is 22.8 Å². The van der Waals surface area contributed by atoms with Crippen LogP contribution < -0.4 is 10.2 Å². The molecule has 164 valence electrons. The summed E-state index contributed by atoms with van der Waals surface area (Å²) in [7, 11) is 0. The van der Waals surface area contributed by atoms with Gasteiger partial charge in [-0.2, -0.15) is 5.10 Å². The zero-order chi connectivity index (χ0) is 22.8. The number of nitrogens with one attached hydrogen (secondary N) is 1. The van der Waals surface area contributed by atoms with Crippen LogP contribution in [0.3, 0.4) is 0 Å². The lowest BCUT2D eigenvalue weighted by Crippen LogP contribution is -2.19. The lowest BCUT2D eigenvalue weighted by Gasteiger charge is -2.07. The second-order valence-corrected chi connectivity index (χ2v) is 8.04. The molecule has 0 aliphatic heterocycles. The molecule has 7 nitrogen and oxygen atoms in total. The van der Waals surface area contributed by atoms with Gasteiger partial charge in [0.2, 0.25) is 5.91 Å². The zero-order valence-corrected chi connectivity index (χ0v) is 18.4. The summed E-state index contributed by atoms with van der Waals surface area (Å²) in [6, 6.07) is 21.9. The van der Waals surface area contributed by atoms with Gasteiger partial charge in [0, 0.05) is 17.9 Å². The topological polar surface area (TPSA) is 93.8 Å². The maximum atomic E-state index is 11.9. The first-order valence-corrected chi connectivity index (χ1v) is 11.1. The first-order chi connectivity index (χ1) is 15.5. The Bertz CT molecular complexity index is 1070. The molecule has 3 aromatic rings. The second kappa shape index (κ2) is 11.7. The summed E-state index contributed by atoms with van der Waals surface area (Å²) in [6.45, 7) is 2.55. The number of nitro benzene ring substituents is 1. The minimum absolute atomic E-state index is 0.0525. The average Bonchev–Trinajstić information content (AvgIpc) is 2.80. The summed E-state index contributed by atoms with van der Waals surface area (Å²) in [6.07, 6.45) is 1.57. The number of benzene rings is 3. The minimum atomic E-state index is -0.436. The summed E-state index contributed by atoms with van der Waals surface area (Å²) < 4.78 is 5.78. The van der Waals surface area contributed by atoms with Gasteiger partial charge in [-0.25, -0.2) is 5.43 Å². The van der Waals surface area contributed by atoms with E-state index in [9.17, 15) is 14.9 Å². The van der Waals surface area contributed by atoms with Gasteiger partial charge in [-0.1, -0.05) is 42.0 Å². The van der Waals surface area contributed by atoms with Crippen LogP contribution in [0.15, 0.2) is 77.9 Å². The van der Waals surface area contributed by atoms with E-state index in [0.29, 0.717) is 12.4 Å². The molecule has 32 heavy (non-hydrogen) atoms. The molecule has 3 rings (SSSR count). The van der Waals surface area contributed by atoms with E-state index >= 15 is 0 Å². The Kier molecular flexibility index (Phi) is 8.39. The molecular formula is C24H23N3O4S. The molecule has 0 saturated heterocycles. The van der Waals surface area contributed by atoms with Gasteiger partial charge in [0.25, 0.3) is 5.69 Å². The normalized spacial score (nSPS) is 10.8. The molecule has 0 fully saturated rings. The summed E-state index contributed by atoms with van der Waals surface area (Å²) in [4.78, 5) is 22.1. The number of hydrogen-bond donors (Lipinski definition) is 1. The highest BCUT2D eigenvalue weighted by molar-refractivity contribution is 7.99. The van der Waals surface area contributed by atoms with Gasteiger partial charge in [-0.15, -0.1) is 11.8 Å². The van der Waals surface area contributed by atoms with Crippen molar-refractivity contribution in [3.05, 3.63) is 105 Å². The first-order valence-electron chi connectivity index (χ1n) is 9.91. The van der Waals surface area contributed by atoms with E-state index in [1.54, 1.807) is 18.3 Å². The summed E-state index contributed by atoms with van der Waals surface area (Å²) in [5.74, 6) is 1.36. The minimum Gasteiger partial charge on any atom is -0.489 e. The SMILES string of the molecule is Cc1ccc(COc2ccc(/C=N\NC(=O)CSCc3ccc([N+](=O)[O-])cc3)cc2)cc1. The van der Waals surface area contributed by atoms with Crippen molar-refractivity contribution in [2.75, 3.05) is 5.75 Å². The van der Waals surface area contributed by atoms with Crippen molar-refractivity contribution in [2.24, 2.45) is 5.10 Å². The summed E-state index contributed by atoms with van der Waals surface area (Å²) in [5.41, 5.74) is 6.63. The fourth-order valence-corrected chi connectivity index (χ4v) is 3.47. The largest absolute Gasteiger partial charge is 0.489 e. The van der Waals surface area contributed by atoms with Gasteiger partial charge < -0.3 is 4.74 Å². The molecule has 0 aromatic heterocycles. The molecule has 3 aromatic carbocycles. The Hall–Kier alpha value is -3.65. The van der Waals surface area contributed by atoms with Gasteiger partial charge in [-0.05, 0) is 47.9 Å². The van der Waals surface area contributed by atoms with Crippen molar-refractivity contribution < 1.29 is 14.5 Å². The first kappa shape index (κ1) is 23.0. The predicted octanol–water partition coefficient (Wildman–Crippen LogP) is 4.87. The van der Waals surface area contributed by atoms with E-state index in [-0.39, 0.29) is 17.3 Å². The van der Waals surface area contributed by atoms with E-state index in [0.717, 1.165) is 22.4 Å². The van der Waals surface area contributed by atoms with Crippen LogP contribution in [-0.2, 0) is 17.2 Å². The lowest BCUT2D eigenvalue weighted by molar-refractivity contribution is -0.384. The van der Waals surface area contributed by atoms with Crippen molar-refractivity contribution >= 4 is 29.6 Å². The van der Waals surface area contributed by atoms with E-state index in [4.69, 9.17) is 4.74 Å². The fraction of sp³-hybridized carbons (Fsp3) is 0.167. The van der Waals surface area contributed by atoms with Crippen molar-refractivity contribution in [1.29, 1.82) is 0 Å². The third-order valence-electron chi connectivity index (χ3n) is 4.46. The third-order valence-corrected chi connectivity index (χ3v) is 5.46. The smallest absolute Gasteiger partial charge is 0.269 e. The van der Waals surface area contributed by atoms with Crippen molar-refractivity contribution in [2.45, 2.75) is 19.3 Å². The molecule has 0 unspecified atom stereocenters. The maximum Gasteiger partial charge on any atom is 0.269 e. The molecule has 0 heterocycles. The number of nitro groups is 1. The quantitative estimate of drug-likeness (QED) is 0.271. The Balaban J connectivity index is 1.36. The van der Waals surface area contributed by atoms with E-state index < -0.39 is 4.92 Å². The van der Waals surface area contributed by atoms with Crippen molar-refractivity contribution in [1.82, 2.24) is 5.43 Å². The van der Waals surface area contributed by atoms with Gasteiger partial charge in [0.1, 0.15) is 12.4 Å². The number of rotatable bonds is 10. The number of non-ortho nitro benzene ring substituents is 1. The number of thioether (sulfide) groups is 1. The number of ether oxygens (including phenoxy) is 1. The number of aryl methyl sites for hydroxylation is 1. The molecule has 1 amide bonds. The summed E-state index contributed by atoms with van der Waals surface area (Å²) in [5, 5.41) is 14.6. The molecule has 8 heteroatoms. The number of amides is 1. The van der Waals surface area contributed by atoms with Crippen LogP contribution in [0.1, 0.15) is 22.3 Å². The van der Waals surface area contributed by atoms with Gasteiger partial charge in [0.05, 0.1) is 16.9 Å². The lowest BCUT2D eigenvalue weighted by atomic mass is 10.2. The van der Waals surface area contributed by atoms with E-state index in [1.165, 1.54) is 29.5 Å². The fourth-order valence-electron chi connectivity index (χ4n) is 2.69. The van der Waals surface area contributed by atoms with Crippen LogP contribution in [0.2, 0.25) is 0 Å². The van der Waals surface area contributed by atoms with Crippen LogP contribution >= 0.6 is 11.8 Å². The molecule has 0 atom stereocenters. The van der Waals surface area contributed by atoms with E-state index in [2.05, 4.69) is 22.7 Å². The van der Waals surface area contributed by atoms with Crippen LogP contribution in [0.25, 0.3) is 0 Å². The highest BCUT2D eigenvalue weighted by atomic mass is 32.2. The van der Waals surface area contributed by atoms with Gasteiger partial charge in [-0.3, -0.25) is 14.9 Å². The molecule has 0 aliphatic rings. The number of hydrazone groups is 1. The zero-order valence-electron chi connectivity index (χ0n) is 17.6. The van der Waals surface area contributed by atoms with Gasteiger partial charge in [0.15, 0.2) is 0 Å². The molecule has 0 bridgehead atoms. The Labute approximate surface area is 190 Å². The van der Waals surface area contributed by atoms with Crippen molar-refractivity contribution in [3.63, 3.8) is 0 Å². The summed E-state index contributed by atoms with van der Waals surface area (Å²) >= 11 is 1.41. The average molecular weight is 450 g/mol. The van der Waals surface area contributed by atoms with Crippen LogP contribution in [0.5, 0.6) is 5.75 Å². The maximum absolute atomic E-state index is 11.9. The molecule has 0 spiro atoms. The highest BCUT2D eigenvalue weighted by Crippen LogP contribution is 2.17. The van der Waals surface area contributed by atoms with Crippen LogP contribution in [0.4, 0.5) is 5.69 Å². The monoisotopic (exact) mass is 449 g/mol. The molecule has 0 aliphatic carbocycles. The number of carbonyl (C=O) groups excluding carboxylic acids is 1. The predicted molar refractivity (Wildman–Crippen MR) is 127 cm³/mol. The van der Waals surface area contributed by atoms with Crippen LogP contribution in [0, 0.1) is 17.0 Å². The number of carbonyl (C=O) groups is 1.